The topological polar surface area (TPSA) is 81.4 Å². The van der Waals surface area contributed by atoms with Gasteiger partial charge in [0.05, 0.1) is 12.8 Å². The normalized spacial score (nSPS) is 11.7. The number of esters is 1. The van der Waals surface area contributed by atoms with Crippen molar-refractivity contribution in [1.82, 2.24) is 5.32 Å². The van der Waals surface area contributed by atoms with E-state index in [2.05, 4.69) is 10.1 Å². The molecule has 6 heteroatoms. The molecule has 0 spiro atoms. The van der Waals surface area contributed by atoms with Crippen molar-refractivity contribution in [3.63, 3.8) is 0 Å². The number of nitrogens with two attached hydrogens (primary N) is 1. The zero-order valence-corrected chi connectivity index (χ0v) is 9.49. The monoisotopic (exact) mass is 240 g/mol. The second kappa shape index (κ2) is 5.29. The number of ether oxygens (including phenoxy) is 1. The molecule has 0 aromatic heterocycles. The summed E-state index contributed by atoms with van der Waals surface area (Å²) in [7, 11) is 1.22. The van der Waals surface area contributed by atoms with E-state index in [1.807, 2.05) is 0 Å². The van der Waals surface area contributed by atoms with Crippen LogP contribution in [0.25, 0.3) is 0 Å². The van der Waals surface area contributed by atoms with Crippen molar-refractivity contribution in [3.8, 4) is 0 Å². The number of carbonyl (C=O) groups is 2. The molecule has 92 valence electrons. The summed E-state index contributed by atoms with van der Waals surface area (Å²) in [4.78, 5) is 22.7. The van der Waals surface area contributed by atoms with Gasteiger partial charge in [0.1, 0.15) is 11.9 Å². The summed E-state index contributed by atoms with van der Waals surface area (Å²) in [5.74, 6) is -1.82. The van der Waals surface area contributed by atoms with E-state index in [4.69, 9.17) is 5.73 Å². The number of hydrogen-bond donors (Lipinski definition) is 2. The van der Waals surface area contributed by atoms with Crippen LogP contribution in [0.2, 0.25) is 0 Å². The molecular weight excluding hydrogens is 227 g/mol. The summed E-state index contributed by atoms with van der Waals surface area (Å²) < 4.78 is 17.5. The fourth-order valence-electron chi connectivity index (χ4n) is 1.18. The van der Waals surface area contributed by atoms with Crippen molar-refractivity contribution < 1.29 is 18.7 Å². The lowest BCUT2D eigenvalue weighted by Gasteiger charge is -2.11. The molecule has 17 heavy (non-hydrogen) atoms. The van der Waals surface area contributed by atoms with Gasteiger partial charge >= 0.3 is 5.97 Å². The number of benzene rings is 1. The Bertz CT molecular complexity index is 448. The van der Waals surface area contributed by atoms with Gasteiger partial charge in [-0.15, -0.1) is 0 Å². The number of rotatable bonds is 3. The van der Waals surface area contributed by atoms with Crippen LogP contribution in [0.1, 0.15) is 17.3 Å². The number of nitrogens with one attached hydrogen (secondary N) is 1. The Kier molecular flexibility index (Phi) is 4.03. The van der Waals surface area contributed by atoms with Gasteiger partial charge in [0, 0.05) is 5.56 Å². The molecule has 3 N–H and O–H groups in total. The molecule has 0 saturated heterocycles. The molecule has 0 heterocycles. The maximum absolute atomic E-state index is 13.1. The third-order valence-corrected chi connectivity index (χ3v) is 2.16. The minimum Gasteiger partial charge on any atom is -0.467 e. The Labute approximate surface area is 97.7 Å². The van der Waals surface area contributed by atoms with E-state index in [0.717, 1.165) is 6.07 Å². The first-order valence-corrected chi connectivity index (χ1v) is 4.89. The summed E-state index contributed by atoms with van der Waals surface area (Å²) in [6, 6.07) is 2.87. The Morgan fingerprint density at radius 3 is 2.65 bits per heavy atom. The van der Waals surface area contributed by atoms with Crippen LogP contribution in [-0.4, -0.2) is 25.0 Å². The van der Waals surface area contributed by atoms with Crippen LogP contribution in [0.4, 0.5) is 10.1 Å². The molecule has 0 aliphatic heterocycles. The Hall–Kier alpha value is -2.11. The number of anilines is 1. The maximum atomic E-state index is 13.1. The summed E-state index contributed by atoms with van der Waals surface area (Å²) in [5, 5.41) is 2.37. The predicted octanol–water partition coefficient (Wildman–Crippen LogP) is 0.699. The summed E-state index contributed by atoms with van der Waals surface area (Å²) in [6.07, 6.45) is 0. The van der Waals surface area contributed by atoms with Gasteiger partial charge < -0.3 is 15.8 Å². The van der Waals surface area contributed by atoms with Crippen LogP contribution in [0, 0.1) is 5.82 Å². The molecule has 0 unspecified atom stereocenters. The fraction of sp³-hybridized carbons (Fsp3) is 0.273. The van der Waals surface area contributed by atoms with Gasteiger partial charge in [-0.3, -0.25) is 4.79 Å². The average molecular weight is 240 g/mol. The lowest BCUT2D eigenvalue weighted by Crippen LogP contribution is -2.39. The molecule has 0 aliphatic carbocycles. The van der Waals surface area contributed by atoms with Crippen LogP contribution in [0.15, 0.2) is 18.2 Å². The Morgan fingerprint density at radius 1 is 1.47 bits per heavy atom. The van der Waals surface area contributed by atoms with Crippen molar-refractivity contribution >= 4 is 17.6 Å². The SMILES string of the molecule is COC(=O)[C@H](C)NC(=O)c1ccc(N)c(F)c1. The zero-order chi connectivity index (χ0) is 13.0. The number of amides is 1. The fourth-order valence-corrected chi connectivity index (χ4v) is 1.18. The minimum atomic E-state index is -0.798. The van der Waals surface area contributed by atoms with Crippen molar-refractivity contribution in [2.24, 2.45) is 0 Å². The predicted molar refractivity (Wildman–Crippen MR) is 59.8 cm³/mol. The number of methoxy groups -OCH3 is 1. The molecule has 0 aliphatic rings. The second-order valence-corrected chi connectivity index (χ2v) is 3.45. The lowest BCUT2D eigenvalue weighted by atomic mass is 10.1. The molecule has 0 saturated carbocycles. The van der Waals surface area contributed by atoms with E-state index in [-0.39, 0.29) is 11.3 Å². The highest BCUT2D eigenvalue weighted by Gasteiger charge is 2.17. The van der Waals surface area contributed by atoms with E-state index in [1.165, 1.54) is 26.2 Å². The second-order valence-electron chi connectivity index (χ2n) is 3.45. The molecule has 1 amide bonds. The number of hydrogen-bond acceptors (Lipinski definition) is 4. The summed E-state index contributed by atoms with van der Waals surface area (Å²) in [5.41, 5.74) is 5.33. The van der Waals surface area contributed by atoms with Crippen LogP contribution < -0.4 is 11.1 Å². The zero-order valence-electron chi connectivity index (χ0n) is 9.49. The molecule has 0 radical (unpaired) electrons. The highest BCUT2D eigenvalue weighted by molar-refractivity contribution is 5.96. The minimum absolute atomic E-state index is 0.0393. The number of halogens is 1. The highest BCUT2D eigenvalue weighted by Crippen LogP contribution is 2.11. The number of carbonyl (C=O) groups excluding carboxylic acids is 2. The van der Waals surface area contributed by atoms with E-state index in [0.29, 0.717) is 0 Å². The lowest BCUT2D eigenvalue weighted by molar-refractivity contribution is -0.142. The molecule has 0 fully saturated rings. The van der Waals surface area contributed by atoms with Gasteiger partial charge in [0.25, 0.3) is 5.91 Å². The van der Waals surface area contributed by atoms with Gasteiger partial charge in [-0.1, -0.05) is 0 Å². The molecule has 1 atom stereocenters. The highest BCUT2D eigenvalue weighted by atomic mass is 19.1. The van der Waals surface area contributed by atoms with Crippen molar-refractivity contribution in [2.45, 2.75) is 13.0 Å². The first kappa shape index (κ1) is 13.0. The first-order chi connectivity index (χ1) is 7.95. The van der Waals surface area contributed by atoms with Gasteiger partial charge in [-0.05, 0) is 25.1 Å². The quantitative estimate of drug-likeness (QED) is 0.602. The van der Waals surface area contributed by atoms with Gasteiger partial charge in [-0.25, -0.2) is 9.18 Å². The van der Waals surface area contributed by atoms with Crippen LogP contribution >= 0.6 is 0 Å². The van der Waals surface area contributed by atoms with Crippen molar-refractivity contribution in [3.05, 3.63) is 29.6 Å². The van der Waals surface area contributed by atoms with E-state index in [1.54, 1.807) is 0 Å². The van der Waals surface area contributed by atoms with Crippen molar-refractivity contribution in [2.75, 3.05) is 12.8 Å². The smallest absolute Gasteiger partial charge is 0.328 e. The Morgan fingerprint density at radius 2 is 2.12 bits per heavy atom. The number of nitrogen functional groups attached to an aromatic ring is 1. The van der Waals surface area contributed by atoms with Gasteiger partial charge in [0.2, 0.25) is 0 Å². The molecule has 1 rings (SSSR count). The van der Waals surface area contributed by atoms with Gasteiger partial charge in [0.15, 0.2) is 0 Å². The average Bonchev–Trinajstić information content (AvgIpc) is 2.31. The van der Waals surface area contributed by atoms with Crippen LogP contribution in [0.5, 0.6) is 0 Å². The largest absolute Gasteiger partial charge is 0.467 e. The van der Waals surface area contributed by atoms with Gasteiger partial charge in [-0.2, -0.15) is 0 Å². The molecule has 5 nitrogen and oxygen atoms in total. The third kappa shape index (κ3) is 3.17. The van der Waals surface area contributed by atoms with Crippen molar-refractivity contribution in [1.29, 1.82) is 0 Å². The standard InChI is InChI=1S/C11H13FN2O3/c1-6(11(16)17-2)14-10(15)7-3-4-9(13)8(12)5-7/h3-6H,13H2,1-2H3,(H,14,15)/t6-/m0/s1. The molecule has 1 aromatic rings. The molecule has 1 aromatic carbocycles. The Balaban J connectivity index is 2.76. The third-order valence-electron chi connectivity index (χ3n) is 2.16. The summed E-state index contributed by atoms with van der Waals surface area (Å²) in [6.45, 7) is 1.47. The van der Waals surface area contributed by atoms with E-state index in [9.17, 15) is 14.0 Å². The molecule has 0 bridgehead atoms. The molecular formula is C11H13FN2O3. The van der Waals surface area contributed by atoms with Crippen LogP contribution in [0.3, 0.4) is 0 Å². The van der Waals surface area contributed by atoms with E-state index >= 15 is 0 Å². The van der Waals surface area contributed by atoms with E-state index < -0.39 is 23.7 Å². The maximum Gasteiger partial charge on any atom is 0.328 e. The first-order valence-electron chi connectivity index (χ1n) is 4.89. The van der Waals surface area contributed by atoms with Crippen LogP contribution in [-0.2, 0) is 9.53 Å². The summed E-state index contributed by atoms with van der Waals surface area (Å²) >= 11 is 0.